The summed E-state index contributed by atoms with van der Waals surface area (Å²) in [5.74, 6) is 0.248. The molecule has 0 radical (unpaired) electrons. The van der Waals surface area contributed by atoms with Crippen LogP contribution in [0.4, 0.5) is 0 Å². The minimum Gasteiger partial charge on any atom is -0.432 e. The number of carbonyl (C=O) groups is 1. The summed E-state index contributed by atoms with van der Waals surface area (Å²) in [6.07, 6.45) is 7.27. The minimum atomic E-state index is -2.49. The second-order valence-electron chi connectivity index (χ2n) is 9.68. The maximum atomic E-state index is 13.2. The van der Waals surface area contributed by atoms with Gasteiger partial charge < -0.3 is 19.5 Å². The average Bonchev–Trinajstić information content (AvgIpc) is 3.03. The van der Waals surface area contributed by atoms with Gasteiger partial charge in [0.1, 0.15) is 0 Å². The molecule has 176 valence electrons. The molecule has 0 unspecified atom stereocenters. The lowest BCUT2D eigenvalue weighted by Crippen LogP contribution is -2.42. The van der Waals surface area contributed by atoms with Gasteiger partial charge in [0.05, 0.1) is 25.2 Å². The van der Waals surface area contributed by atoms with Gasteiger partial charge in [-0.15, -0.1) is 0 Å². The van der Waals surface area contributed by atoms with Crippen LogP contribution in [0.3, 0.4) is 0 Å². The van der Waals surface area contributed by atoms with Gasteiger partial charge in [-0.2, -0.15) is 0 Å². The largest absolute Gasteiger partial charge is 0.432 e. The fourth-order valence-electron chi connectivity index (χ4n) is 5.07. The van der Waals surface area contributed by atoms with E-state index in [1.54, 1.807) is 4.90 Å². The monoisotopic (exact) mass is 449 g/mol. The van der Waals surface area contributed by atoms with E-state index in [2.05, 4.69) is 13.8 Å². The van der Waals surface area contributed by atoms with Crippen LogP contribution in [-0.2, 0) is 16.1 Å². The van der Waals surface area contributed by atoms with Crippen molar-refractivity contribution in [2.75, 3.05) is 13.2 Å². The van der Waals surface area contributed by atoms with Gasteiger partial charge in [0.25, 0.3) is 0 Å². The number of hydrogen-bond acceptors (Lipinski definition) is 4. The van der Waals surface area contributed by atoms with Gasteiger partial charge in [-0.25, -0.2) is 0 Å². The van der Waals surface area contributed by atoms with Crippen LogP contribution in [0.15, 0.2) is 30.3 Å². The summed E-state index contributed by atoms with van der Waals surface area (Å²) in [5.41, 5.74) is 1.09. The van der Waals surface area contributed by atoms with Crippen molar-refractivity contribution < 1.29 is 19.4 Å². The number of ether oxygens (including phenoxy) is 1. The molecule has 0 aliphatic carbocycles. The number of aliphatic hydroxyl groups is 1. The van der Waals surface area contributed by atoms with E-state index in [1.807, 2.05) is 43.4 Å². The van der Waals surface area contributed by atoms with E-state index >= 15 is 0 Å². The molecule has 0 bridgehead atoms. The highest BCUT2D eigenvalue weighted by Crippen LogP contribution is 2.45. The third kappa shape index (κ3) is 8.01. The minimum absolute atomic E-state index is 0.0121. The van der Waals surface area contributed by atoms with E-state index in [4.69, 9.17) is 4.74 Å². The van der Waals surface area contributed by atoms with Crippen LogP contribution in [0.5, 0.6) is 0 Å². The van der Waals surface area contributed by atoms with Gasteiger partial charge >= 0.3 is 0 Å². The first-order chi connectivity index (χ1) is 14.8. The van der Waals surface area contributed by atoms with Crippen molar-refractivity contribution in [1.82, 2.24) is 4.90 Å². The highest BCUT2D eigenvalue weighted by molar-refractivity contribution is 6.71. The fourth-order valence-corrected chi connectivity index (χ4v) is 7.68. The molecule has 1 aliphatic rings. The Balaban J connectivity index is 2.03. The molecule has 31 heavy (non-hydrogen) atoms. The van der Waals surface area contributed by atoms with Crippen molar-refractivity contribution in [2.45, 2.75) is 96.2 Å². The summed E-state index contributed by atoms with van der Waals surface area (Å²) in [7, 11) is -2.49. The Kier molecular flexibility index (Phi) is 10.7. The Hall–Kier alpha value is -1.21. The molecule has 0 saturated carbocycles. The van der Waals surface area contributed by atoms with Crippen molar-refractivity contribution in [3.05, 3.63) is 35.9 Å². The third-order valence-corrected chi connectivity index (χ3v) is 9.15. The molecule has 1 fully saturated rings. The number of benzene rings is 1. The Morgan fingerprint density at radius 2 is 1.77 bits per heavy atom. The zero-order valence-electron chi connectivity index (χ0n) is 19.9. The summed E-state index contributed by atoms with van der Waals surface area (Å²) in [6, 6.07) is 9.86. The molecule has 5 nitrogen and oxygen atoms in total. The number of aliphatic hydroxyl groups excluding tert-OH is 1. The van der Waals surface area contributed by atoms with E-state index in [1.165, 1.54) is 25.7 Å². The topological polar surface area (TPSA) is 70.0 Å². The lowest BCUT2D eigenvalue weighted by atomic mass is 9.95. The number of amides is 1. The number of rotatable bonds is 13. The highest BCUT2D eigenvalue weighted by Gasteiger charge is 2.50. The van der Waals surface area contributed by atoms with Crippen molar-refractivity contribution >= 4 is 14.2 Å². The molecule has 0 aromatic heterocycles. The highest BCUT2D eigenvalue weighted by atomic mass is 28.4. The first kappa shape index (κ1) is 26.0. The Bertz CT molecular complexity index is 649. The van der Waals surface area contributed by atoms with Crippen molar-refractivity contribution in [1.29, 1.82) is 0 Å². The lowest BCUT2D eigenvalue weighted by Gasteiger charge is -2.31. The zero-order valence-corrected chi connectivity index (χ0v) is 20.9. The van der Waals surface area contributed by atoms with Gasteiger partial charge in [-0.1, -0.05) is 76.3 Å². The summed E-state index contributed by atoms with van der Waals surface area (Å²) in [5, 5.41) is 9.49. The average molecular weight is 450 g/mol. The molecule has 4 atom stereocenters. The van der Waals surface area contributed by atoms with Crippen LogP contribution < -0.4 is 0 Å². The maximum Gasteiger partial charge on any atom is 0.225 e. The van der Waals surface area contributed by atoms with Crippen LogP contribution in [-0.4, -0.2) is 54.4 Å². The van der Waals surface area contributed by atoms with E-state index < -0.39 is 8.32 Å². The van der Waals surface area contributed by atoms with Crippen LogP contribution >= 0.6 is 0 Å². The molecule has 2 N–H and O–H groups in total. The van der Waals surface area contributed by atoms with E-state index in [0.717, 1.165) is 18.4 Å². The summed E-state index contributed by atoms with van der Waals surface area (Å²) in [4.78, 5) is 25.9. The number of nitrogens with zero attached hydrogens (tertiary/aromatic N) is 1. The standard InChI is InChI=1S/C25H43NO4Si/c1-5-6-7-8-12-15-22-20(2)25(31(3,4)29)23(30-22)18-24(28)26(16-17-27)19-21-13-10-9-11-14-21/h9-11,13-14,20,22-23,25,27,29H,5-8,12,15-19H2,1-4H3/t20-,22+,23-,25+/m1/s1. The van der Waals surface area contributed by atoms with Crippen LogP contribution in [0, 0.1) is 5.92 Å². The van der Waals surface area contributed by atoms with Gasteiger partial charge in [-0.05, 0) is 31.0 Å². The van der Waals surface area contributed by atoms with Crippen molar-refractivity contribution in [3.8, 4) is 0 Å². The van der Waals surface area contributed by atoms with Gasteiger partial charge in [-0.3, -0.25) is 4.79 Å². The molecule has 6 heteroatoms. The molecule has 2 rings (SSSR count). The third-order valence-electron chi connectivity index (χ3n) is 6.63. The molecule has 1 saturated heterocycles. The summed E-state index contributed by atoms with van der Waals surface area (Å²) >= 11 is 0. The van der Waals surface area contributed by atoms with Gasteiger partial charge in [0.2, 0.25) is 5.91 Å². The molecule has 1 aromatic rings. The molecule has 1 aliphatic heterocycles. The lowest BCUT2D eigenvalue weighted by molar-refractivity contribution is -0.135. The predicted molar refractivity (Wildman–Crippen MR) is 128 cm³/mol. The Morgan fingerprint density at radius 1 is 1.10 bits per heavy atom. The first-order valence-corrected chi connectivity index (χ1v) is 15.1. The molecule has 1 heterocycles. The quantitative estimate of drug-likeness (QED) is 0.337. The van der Waals surface area contributed by atoms with Crippen LogP contribution in [0.2, 0.25) is 18.6 Å². The maximum absolute atomic E-state index is 13.2. The molecule has 1 amide bonds. The Morgan fingerprint density at radius 3 is 2.39 bits per heavy atom. The van der Waals surface area contributed by atoms with Crippen LogP contribution in [0.1, 0.15) is 64.4 Å². The number of unbranched alkanes of at least 4 members (excludes halogenated alkanes) is 4. The van der Waals surface area contributed by atoms with Gasteiger partial charge in [0, 0.05) is 18.6 Å². The molecule has 1 aromatic carbocycles. The normalized spacial score (nSPS) is 23.8. The molecular weight excluding hydrogens is 406 g/mol. The van der Waals surface area contributed by atoms with E-state index in [9.17, 15) is 14.7 Å². The predicted octanol–water partition coefficient (Wildman–Crippen LogP) is 4.73. The summed E-state index contributed by atoms with van der Waals surface area (Å²) in [6.45, 7) is 9.06. The SMILES string of the molecule is CCCCCCC[C@@H]1O[C@H](CC(=O)N(CCO)Cc2ccccc2)[C@@H]([Si](C)(C)O)[C@@H]1C. The van der Waals surface area contributed by atoms with Crippen molar-refractivity contribution in [3.63, 3.8) is 0 Å². The first-order valence-electron chi connectivity index (χ1n) is 12.1. The number of carbonyl (C=O) groups excluding carboxylic acids is 1. The second-order valence-corrected chi connectivity index (χ2v) is 13.7. The van der Waals surface area contributed by atoms with E-state index in [0.29, 0.717) is 13.1 Å². The fraction of sp³-hybridized carbons (Fsp3) is 0.720. The van der Waals surface area contributed by atoms with Crippen LogP contribution in [0.25, 0.3) is 0 Å². The smallest absolute Gasteiger partial charge is 0.225 e. The van der Waals surface area contributed by atoms with Gasteiger partial charge in [0.15, 0.2) is 8.32 Å². The van der Waals surface area contributed by atoms with E-state index in [-0.39, 0.29) is 42.6 Å². The summed E-state index contributed by atoms with van der Waals surface area (Å²) < 4.78 is 6.43. The number of hydrogen-bond donors (Lipinski definition) is 2. The zero-order chi connectivity index (χ0) is 22.9. The molecule has 0 spiro atoms. The molecular formula is C25H43NO4Si. The van der Waals surface area contributed by atoms with Crippen molar-refractivity contribution in [2.24, 2.45) is 5.92 Å². The second kappa shape index (κ2) is 12.7. The Labute approximate surface area is 189 Å².